The van der Waals surface area contributed by atoms with Crippen molar-refractivity contribution in [1.29, 1.82) is 0 Å². The van der Waals surface area contributed by atoms with Gasteiger partial charge in [0.1, 0.15) is 5.69 Å². The Bertz CT molecular complexity index is 692. The minimum absolute atomic E-state index is 0.0321. The Kier molecular flexibility index (Phi) is 5.48. The van der Waals surface area contributed by atoms with Crippen LogP contribution in [0.4, 0.5) is 0 Å². The highest BCUT2D eigenvalue weighted by Crippen LogP contribution is 2.18. The highest BCUT2D eigenvalue weighted by Gasteiger charge is 2.29. The number of aromatic nitrogens is 1. The summed E-state index contributed by atoms with van der Waals surface area (Å²) >= 11 is 5.98. The molecule has 0 N–H and O–H groups in total. The molecule has 5 heteroatoms. The first-order valence-corrected chi connectivity index (χ1v) is 8.74. The lowest BCUT2D eigenvalue weighted by Crippen LogP contribution is -2.54. The van der Waals surface area contributed by atoms with Gasteiger partial charge in [0.2, 0.25) is 0 Å². The zero-order valence-corrected chi connectivity index (χ0v) is 14.6. The van der Waals surface area contributed by atoms with Gasteiger partial charge in [-0.15, -0.1) is 0 Å². The van der Waals surface area contributed by atoms with Crippen molar-refractivity contribution >= 4 is 17.5 Å². The van der Waals surface area contributed by atoms with Gasteiger partial charge in [-0.05, 0) is 24.1 Å². The molecule has 4 nitrogen and oxygen atoms in total. The van der Waals surface area contributed by atoms with Crippen LogP contribution in [-0.2, 0) is 6.54 Å². The Morgan fingerprint density at radius 2 is 2.04 bits per heavy atom. The number of benzene rings is 1. The Balaban J connectivity index is 1.67. The van der Waals surface area contributed by atoms with Gasteiger partial charge in [-0.2, -0.15) is 0 Å². The molecule has 0 bridgehead atoms. The quantitative estimate of drug-likeness (QED) is 0.852. The fourth-order valence-corrected chi connectivity index (χ4v) is 3.33. The predicted octanol–water partition coefficient (Wildman–Crippen LogP) is 3.47. The topological polar surface area (TPSA) is 36.4 Å². The van der Waals surface area contributed by atoms with Gasteiger partial charge in [0.05, 0.1) is 0 Å². The lowest BCUT2D eigenvalue weighted by atomic mass is 10.1. The lowest BCUT2D eigenvalue weighted by molar-refractivity contribution is 0.0446. The first kappa shape index (κ1) is 16.9. The number of pyridine rings is 1. The van der Waals surface area contributed by atoms with Gasteiger partial charge in [0.15, 0.2) is 0 Å². The lowest BCUT2D eigenvalue weighted by Gasteiger charge is -2.41. The van der Waals surface area contributed by atoms with Crippen LogP contribution in [0, 0.1) is 0 Å². The first-order chi connectivity index (χ1) is 11.7. The average Bonchev–Trinajstić information content (AvgIpc) is 2.62. The summed E-state index contributed by atoms with van der Waals surface area (Å²) in [5.41, 5.74) is 1.74. The van der Waals surface area contributed by atoms with Gasteiger partial charge in [-0.1, -0.05) is 48.9 Å². The van der Waals surface area contributed by atoms with E-state index in [1.165, 1.54) is 5.56 Å². The number of carbonyl (C=O) groups excluding carboxylic acids is 1. The molecule has 2 aromatic rings. The van der Waals surface area contributed by atoms with Crippen molar-refractivity contribution in [3.8, 4) is 0 Å². The molecule has 1 saturated heterocycles. The number of carbonyl (C=O) groups is 1. The van der Waals surface area contributed by atoms with Gasteiger partial charge in [-0.25, -0.2) is 0 Å². The SMILES string of the molecule is CC[C@H]1CN(C(=O)c2cc(Cl)ccn2)CCN1Cc1ccccc1. The van der Waals surface area contributed by atoms with E-state index in [1.54, 1.807) is 18.3 Å². The summed E-state index contributed by atoms with van der Waals surface area (Å²) in [6.07, 6.45) is 2.60. The maximum Gasteiger partial charge on any atom is 0.272 e. The molecule has 1 aromatic carbocycles. The molecule has 24 heavy (non-hydrogen) atoms. The van der Waals surface area contributed by atoms with Crippen LogP contribution < -0.4 is 0 Å². The van der Waals surface area contributed by atoms with Crippen LogP contribution in [0.25, 0.3) is 0 Å². The smallest absolute Gasteiger partial charge is 0.272 e. The molecule has 2 heterocycles. The largest absolute Gasteiger partial charge is 0.334 e. The molecule has 1 aromatic heterocycles. The van der Waals surface area contributed by atoms with E-state index in [9.17, 15) is 4.79 Å². The predicted molar refractivity (Wildman–Crippen MR) is 96.1 cm³/mol. The van der Waals surface area contributed by atoms with Crippen molar-refractivity contribution in [2.24, 2.45) is 0 Å². The van der Waals surface area contributed by atoms with E-state index < -0.39 is 0 Å². The van der Waals surface area contributed by atoms with Crippen LogP contribution >= 0.6 is 11.6 Å². The third-order valence-electron chi connectivity index (χ3n) is 4.53. The van der Waals surface area contributed by atoms with Gasteiger partial charge in [0, 0.05) is 43.4 Å². The van der Waals surface area contributed by atoms with Gasteiger partial charge >= 0.3 is 0 Å². The second-order valence-electron chi connectivity index (χ2n) is 6.13. The van der Waals surface area contributed by atoms with Crippen molar-refractivity contribution in [2.75, 3.05) is 19.6 Å². The minimum atomic E-state index is -0.0321. The number of nitrogens with zero attached hydrogens (tertiary/aromatic N) is 3. The zero-order chi connectivity index (χ0) is 16.9. The van der Waals surface area contributed by atoms with Crippen LogP contribution in [0.15, 0.2) is 48.7 Å². The Morgan fingerprint density at radius 1 is 1.25 bits per heavy atom. The number of rotatable bonds is 4. The van der Waals surface area contributed by atoms with Crippen molar-refractivity contribution in [3.05, 3.63) is 64.9 Å². The summed E-state index contributed by atoms with van der Waals surface area (Å²) < 4.78 is 0. The molecule has 1 aliphatic rings. The number of halogens is 1. The highest BCUT2D eigenvalue weighted by atomic mass is 35.5. The molecule has 126 valence electrons. The fourth-order valence-electron chi connectivity index (χ4n) is 3.17. The Morgan fingerprint density at radius 3 is 2.75 bits per heavy atom. The molecule has 0 unspecified atom stereocenters. The summed E-state index contributed by atoms with van der Waals surface area (Å²) in [7, 11) is 0. The van der Waals surface area contributed by atoms with Crippen molar-refractivity contribution in [3.63, 3.8) is 0 Å². The van der Waals surface area contributed by atoms with E-state index >= 15 is 0 Å². The zero-order valence-electron chi connectivity index (χ0n) is 13.9. The first-order valence-electron chi connectivity index (χ1n) is 8.36. The molecule has 1 atom stereocenters. The fraction of sp³-hybridized carbons (Fsp3) is 0.368. The molecular weight excluding hydrogens is 322 g/mol. The number of hydrogen-bond donors (Lipinski definition) is 0. The van der Waals surface area contributed by atoms with E-state index in [0.717, 1.165) is 32.6 Å². The van der Waals surface area contributed by atoms with Crippen LogP contribution in [0.3, 0.4) is 0 Å². The summed E-state index contributed by atoms with van der Waals surface area (Å²) in [6.45, 7) is 5.43. The summed E-state index contributed by atoms with van der Waals surface area (Å²) in [6, 6.07) is 14.2. The third-order valence-corrected chi connectivity index (χ3v) is 4.77. The van der Waals surface area contributed by atoms with E-state index in [-0.39, 0.29) is 5.91 Å². The number of amides is 1. The van der Waals surface area contributed by atoms with Crippen LogP contribution in [0.2, 0.25) is 5.02 Å². The monoisotopic (exact) mass is 343 g/mol. The van der Waals surface area contributed by atoms with Gasteiger partial charge < -0.3 is 4.90 Å². The van der Waals surface area contributed by atoms with E-state index in [0.29, 0.717) is 16.8 Å². The van der Waals surface area contributed by atoms with Crippen molar-refractivity contribution in [2.45, 2.75) is 25.9 Å². The Labute approximate surface area is 148 Å². The standard InChI is InChI=1S/C19H22ClN3O/c1-2-17-14-23(19(24)18-12-16(20)8-9-21-18)11-10-22(17)13-15-6-4-3-5-7-15/h3-9,12,17H,2,10-11,13-14H2,1H3/t17-/m0/s1. The molecular formula is C19H22ClN3O. The molecule has 3 rings (SSSR count). The molecule has 1 fully saturated rings. The van der Waals surface area contributed by atoms with E-state index in [4.69, 9.17) is 11.6 Å². The summed E-state index contributed by atoms with van der Waals surface area (Å²) in [5.74, 6) is -0.0321. The minimum Gasteiger partial charge on any atom is -0.334 e. The summed E-state index contributed by atoms with van der Waals surface area (Å²) in [5, 5.41) is 0.545. The maximum atomic E-state index is 12.7. The van der Waals surface area contributed by atoms with Gasteiger partial charge in [-0.3, -0.25) is 14.7 Å². The molecule has 0 saturated carbocycles. The molecule has 1 aliphatic heterocycles. The molecule has 0 spiro atoms. The second kappa shape index (κ2) is 7.77. The molecule has 1 amide bonds. The number of piperazine rings is 1. The van der Waals surface area contributed by atoms with Crippen molar-refractivity contribution in [1.82, 2.24) is 14.8 Å². The van der Waals surface area contributed by atoms with E-state index in [1.807, 2.05) is 11.0 Å². The maximum absolute atomic E-state index is 12.7. The van der Waals surface area contributed by atoms with Gasteiger partial charge in [0.25, 0.3) is 5.91 Å². The molecule has 0 radical (unpaired) electrons. The van der Waals surface area contributed by atoms with Crippen LogP contribution in [0.5, 0.6) is 0 Å². The normalized spacial score (nSPS) is 18.6. The van der Waals surface area contributed by atoms with Crippen LogP contribution in [0.1, 0.15) is 29.4 Å². The summed E-state index contributed by atoms with van der Waals surface area (Å²) in [4.78, 5) is 21.2. The van der Waals surface area contributed by atoms with E-state index in [2.05, 4.69) is 41.1 Å². The molecule has 0 aliphatic carbocycles. The second-order valence-corrected chi connectivity index (χ2v) is 6.57. The highest BCUT2D eigenvalue weighted by molar-refractivity contribution is 6.30. The number of hydrogen-bond acceptors (Lipinski definition) is 3. The van der Waals surface area contributed by atoms with Crippen LogP contribution in [-0.4, -0.2) is 46.4 Å². The average molecular weight is 344 g/mol. The van der Waals surface area contributed by atoms with Crippen molar-refractivity contribution < 1.29 is 4.79 Å². The third kappa shape index (κ3) is 3.94. The Hall–Kier alpha value is -1.91.